The van der Waals surface area contributed by atoms with Crippen molar-refractivity contribution >= 4 is 15.8 Å². The van der Waals surface area contributed by atoms with Gasteiger partial charge in [0, 0.05) is 19.1 Å². The third-order valence-electron chi connectivity index (χ3n) is 2.90. The average Bonchev–Trinajstić information content (AvgIpc) is 2.48. The maximum Gasteiger partial charge on any atom is 0.249 e. The van der Waals surface area contributed by atoms with Crippen LogP contribution in [-0.2, 0) is 17.1 Å². The van der Waals surface area contributed by atoms with Crippen molar-refractivity contribution in [2.45, 2.75) is 38.1 Å². The van der Waals surface area contributed by atoms with E-state index < -0.39 is 15.6 Å². The summed E-state index contributed by atoms with van der Waals surface area (Å²) in [5.74, 6) is 0.0262. The first-order chi connectivity index (χ1) is 8.53. The van der Waals surface area contributed by atoms with Crippen molar-refractivity contribution in [1.29, 1.82) is 0 Å². The molecule has 0 atom stereocenters. The van der Waals surface area contributed by atoms with E-state index in [0.717, 1.165) is 0 Å². The molecule has 0 saturated heterocycles. The van der Waals surface area contributed by atoms with Crippen LogP contribution in [-0.4, -0.2) is 34.6 Å². The first-order valence-electron chi connectivity index (χ1n) is 5.96. The quantitative estimate of drug-likeness (QED) is 0.846. The summed E-state index contributed by atoms with van der Waals surface area (Å²) in [6, 6.07) is 0. The lowest BCUT2D eigenvalue weighted by Gasteiger charge is -2.33. The highest BCUT2D eigenvalue weighted by atomic mass is 32.2. The molecule has 0 aliphatic carbocycles. The summed E-state index contributed by atoms with van der Waals surface area (Å²) in [5.41, 5.74) is 5.70. The molecule has 1 aromatic rings. The lowest BCUT2D eigenvalue weighted by atomic mass is 10.1. The van der Waals surface area contributed by atoms with Gasteiger partial charge in [-0.25, -0.2) is 8.42 Å². The minimum atomic E-state index is -3.71. The normalized spacial score (nSPS) is 12.9. The van der Waals surface area contributed by atoms with Crippen molar-refractivity contribution < 1.29 is 8.42 Å². The van der Waals surface area contributed by atoms with Crippen LogP contribution in [0.5, 0.6) is 0 Å². The number of aromatic nitrogens is 2. The smallest absolute Gasteiger partial charge is 0.249 e. The molecule has 0 saturated carbocycles. The van der Waals surface area contributed by atoms with E-state index in [4.69, 9.17) is 5.73 Å². The number of rotatable bonds is 4. The van der Waals surface area contributed by atoms with Gasteiger partial charge in [-0.15, -0.1) is 6.58 Å². The zero-order valence-corrected chi connectivity index (χ0v) is 13.0. The monoisotopic (exact) mass is 286 g/mol. The summed E-state index contributed by atoms with van der Waals surface area (Å²) in [6.45, 7) is 11.0. The van der Waals surface area contributed by atoms with Crippen LogP contribution in [0.2, 0.25) is 0 Å². The van der Waals surface area contributed by atoms with Crippen LogP contribution in [0, 0.1) is 6.92 Å². The largest absolute Gasteiger partial charge is 0.381 e. The minimum absolute atomic E-state index is 0.0262. The lowest BCUT2D eigenvalue weighted by molar-refractivity contribution is 0.270. The summed E-state index contributed by atoms with van der Waals surface area (Å²) in [4.78, 5) is 0.0757. The van der Waals surface area contributed by atoms with Crippen LogP contribution in [0.25, 0.3) is 0 Å². The number of hydrogen-bond donors (Lipinski definition) is 1. The Kier molecular flexibility index (Phi) is 4.11. The van der Waals surface area contributed by atoms with Crippen molar-refractivity contribution in [1.82, 2.24) is 14.1 Å². The molecule has 1 heterocycles. The molecular formula is C12H22N4O2S. The van der Waals surface area contributed by atoms with Gasteiger partial charge in [-0.2, -0.15) is 9.40 Å². The van der Waals surface area contributed by atoms with E-state index in [1.54, 1.807) is 20.0 Å². The standard InChI is InChI=1S/C12H22N4O2S/c1-7-8-16(12(3,4)5)19(17,18)10-9(2)15(6)14-11(10)13/h7H,1,8H2,2-6H3,(H2,13,14). The van der Waals surface area contributed by atoms with E-state index in [9.17, 15) is 8.42 Å². The molecule has 0 amide bonds. The van der Waals surface area contributed by atoms with Crippen LogP contribution in [0.15, 0.2) is 17.6 Å². The molecular weight excluding hydrogens is 264 g/mol. The van der Waals surface area contributed by atoms with Crippen LogP contribution >= 0.6 is 0 Å². The minimum Gasteiger partial charge on any atom is -0.381 e. The van der Waals surface area contributed by atoms with Crippen LogP contribution in [0.1, 0.15) is 26.5 Å². The average molecular weight is 286 g/mol. The van der Waals surface area contributed by atoms with Gasteiger partial charge in [0.25, 0.3) is 0 Å². The Labute approximate surface area is 114 Å². The first kappa shape index (κ1) is 15.7. The maximum atomic E-state index is 12.8. The fourth-order valence-corrected chi connectivity index (χ4v) is 3.95. The predicted octanol–water partition coefficient (Wildman–Crippen LogP) is 1.29. The summed E-state index contributed by atoms with van der Waals surface area (Å²) in [7, 11) is -2.04. The Balaban J connectivity index is 3.48. The Morgan fingerprint density at radius 1 is 1.47 bits per heavy atom. The second-order valence-corrected chi connectivity index (χ2v) is 7.22. The second-order valence-electron chi connectivity index (χ2n) is 5.42. The summed E-state index contributed by atoms with van der Waals surface area (Å²) < 4.78 is 28.4. The molecule has 0 spiro atoms. The van der Waals surface area contributed by atoms with Gasteiger partial charge in [-0.05, 0) is 27.7 Å². The Bertz CT molecular complexity index is 582. The molecule has 0 bridgehead atoms. The van der Waals surface area contributed by atoms with Gasteiger partial charge >= 0.3 is 0 Å². The van der Waals surface area contributed by atoms with Crippen molar-refractivity contribution in [2.75, 3.05) is 12.3 Å². The van der Waals surface area contributed by atoms with E-state index >= 15 is 0 Å². The third-order valence-corrected chi connectivity index (χ3v) is 5.19. The van der Waals surface area contributed by atoms with Crippen molar-refractivity contribution in [3.05, 3.63) is 18.3 Å². The van der Waals surface area contributed by atoms with Crippen molar-refractivity contribution in [2.24, 2.45) is 7.05 Å². The number of nitrogens with two attached hydrogens (primary N) is 1. The van der Waals surface area contributed by atoms with Gasteiger partial charge in [-0.3, -0.25) is 4.68 Å². The Morgan fingerprint density at radius 2 is 2.00 bits per heavy atom. The molecule has 19 heavy (non-hydrogen) atoms. The molecule has 0 aliphatic rings. The van der Waals surface area contributed by atoms with Crippen molar-refractivity contribution in [3.8, 4) is 0 Å². The van der Waals surface area contributed by atoms with Crippen LogP contribution in [0.3, 0.4) is 0 Å². The molecule has 0 aromatic carbocycles. The number of anilines is 1. The SMILES string of the molecule is C=CCN(C(C)(C)C)S(=O)(=O)c1c(N)nn(C)c1C. The Morgan fingerprint density at radius 3 is 2.32 bits per heavy atom. The molecule has 0 aliphatic heterocycles. The summed E-state index contributed by atoms with van der Waals surface area (Å²) >= 11 is 0. The summed E-state index contributed by atoms with van der Waals surface area (Å²) in [5, 5.41) is 3.96. The highest BCUT2D eigenvalue weighted by molar-refractivity contribution is 7.89. The molecule has 7 heteroatoms. The first-order valence-corrected chi connectivity index (χ1v) is 7.40. The molecule has 0 radical (unpaired) electrons. The third kappa shape index (κ3) is 2.82. The molecule has 0 fully saturated rings. The maximum absolute atomic E-state index is 12.8. The molecule has 108 valence electrons. The number of sulfonamides is 1. The Hall–Kier alpha value is -1.34. The van der Waals surface area contributed by atoms with E-state index in [-0.39, 0.29) is 17.3 Å². The van der Waals surface area contributed by atoms with Gasteiger partial charge < -0.3 is 5.73 Å². The summed E-state index contributed by atoms with van der Waals surface area (Å²) in [6.07, 6.45) is 1.56. The van der Waals surface area contributed by atoms with Gasteiger partial charge in [0.05, 0.1) is 5.69 Å². The van der Waals surface area contributed by atoms with Crippen molar-refractivity contribution in [3.63, 3.8) is 0 Å². The van der Waals surface area contributed by atoms with E-state index in [1.165, 1.54) is 8.99 Å². The van der Waals surface area contributed by atoms with Crippen LogP contribution in [0.4, 0.5) is 5.82 Å². The molecule has 2 N–H and O–H groups in total. The van der Waals surface area contributed by atoms with E-state index in [0.29, 0.717) is 5.69 Å². The molecule has 1 rings (SSSR count). The number of hydrogen-bond acceptors (Lipinski definition) is 4. The van der Waals surface area contributed by atoms with Gasteiger partial charge in [0.1, 0.15) is 4.90 Å². The topological polar surface area (TPSA) is 81.2 Å². The van der Waals surface area contributed by atoms with E-state index in [1.807, 2.05) is 20.8 Å². The highest BCUT2D eigenvalue weighted by Crippen LogP contribution is 2.29. The fourth-order valence-electron chi connectivity index (χ4n) is 1.89. The van der Waals surface area contributed by atoms with Gasteiger partial charge in [-0.1, -0.05) is 6.08 Å². The van der Waals surface area contributed by atoms with Gasteiger partial charge in [0.2, 0.25) is 10.0 Å². The highest BCUT2D eigenvalue weighted by Gasteiger charge is 2.36. The molecule has 0 unspecified atom stereocenters. The molecule has 1 aromatic heterocycles. The fraction of sp³-hybridized carbons (Fsp3) is 0.583. The lowest BCUT2D eigenvalue weighted by Crippen LogP contribution is -2.45. The van der Waals surface area contributed by atoms with Crippen LogP contribution < -0.4 is 5.73 Å². The van der Waals surface area contributed by atoms with E-state index in [2.05, 4.69) is 11.7 Å². The number of nitrogens with zero attached hydrogens (tertiary/aromatic N) is 3. The zero-order chi connectivity index (χ0) is 15.0. The van der Waals surface area contributed by atoms with Gasteiger partial charge in [0.15, 0.2) is 5.82 Å². The second kappa shape index (κ2) is 4.97. The molecule has 6 nitrogen and oxygen atoms in total. The zero-order valence-electron chi connectivity index (χ0n) is 12.1. The number of nitrogen functional groups attached to an aromatic ring is 1. The number of aryl methyl sites for hydroxylation is 1. The predicted molar refractivity (Wildman–Crippen MR) is 76.2 cm³/mol.